The zero-order chi connectivity index (χ0) is 14.1. The molecule has 0 radical (unpaired) electrons. The first-order chi connectivity index (χ1) is 8.85. The van der Waals surface area contributed by atoms with Gasteiger partial charge in [-0.25, -0.2) is 0 Å². The fourth-order valence-corrected chi connectivity index (χ4v) is 2.73. The summed E-state index contributed by atoms with van der Waals surface area (Å²) in [6, 6.07) is 10.1. The van der Waals surface area contributed by atoms with Gasteiger partial charge in [-0.3, -0.25) is 0 Å². The Morgan fingerprint density at radius 3 is 2.26 bits per heavy atom. The molecule has 0 spiro atoms. The summed E-state index contributed by atoms with van der Waals surface area (Å²) >= 11 is 0. The van der Waals surface area contributed by atoms with Crippen LogP contribution in [0.15, 0.2) is 30.3 Å². The fraction of sp³-hybridized carbons (Fsp3) is 0.625. The van der Waals surface area contributed by atoms with E-state index >= 15 is 0 Å². The highest BCUT2D eigenvalue weighted by atomic mass is 16.5. The molecule has 1 fully saturated rings. The molecule has 2 N–H and O–H groups in total. The molecular formula is C16H25NO2. The molecule has 106 valence electrons. The van der Waals surface area contributed by atoms with E-state index in [0.29, 0.717) is 30.0 Å². The molecule has 19 heavy (non-hydrogen) atoms. The average Bonchev–Trinajstić information content (AvgIpc) is 2.76. The van der Waals surface area contributed by atoms with Crippen LogP contribution in [0.25, 0.3) is 0 Å². The quantitative estimate of drug-likeness (QED) is 0.828. The second kappa shape index (κ2) is 5.14. The normalized spacial score (nSPS) is 21.9. The van der Waals surface area contributed by atoms with Crippen molar-refractivity contribution in [1.29, 1.82) is 0 Å². The van der Waals surface area contributed by atoms with Gasteiger partial charge in [-0.15, -0.1) is 0 Å². The smallest absolute Gasteiger partial charge is 0.119 e. The summed E-state index contributed by atoms with van der Waals surface area (Å²) in [6.45, 7) is 9.94. The lowest BCUT2D eigenvalue weighted by Crippen LogP contribution is -2.34. The molecule has 0 saturated heterocycles. The predicted octanol–water partition coefficient (Wildman–Crippen LogP) is 2.45. The topological polar surface area (TPSA) is 41.5 Å². The van der Waals surface area contributed by atoms with E-state index < -0.39 is 6.10 Å². The molecule has 3 heteroatoms. The van der Waals surface area contributed by atoms with Crippen molar-refractivity contribution in [1.82, 2.24) is 5.32 Å². The second-order valence-electron chi connectivity index (χ2n) is 6.56. The Morgan fingerprint density at radius 1 is 1.16 bits per heavy atom. The van der Waals surface area contributed by atoms with Crippen LogP contribution in [-0.2, 0) is 0 Å². The SMILES string of the molecule is CC1(C)C(NCC(O)COc2ccccc2)C1(C)C. The van der Waals surface area contributed by atoms with E-state index in [0.717, 1.165) is 5.75 Å². The molecule has 1 atom stereocenters. The van der Waals surface area contributed by atoms with E-state index in [-0.39, 0.29) is 0 Å². The van der Waals surface area contributed by atoms with E-state index in [4.69, 9.17) is 4.74 Å². The van der Waals surface area contributed by atoms with Gasteiger partial charge in [-0.05, 0) is 23.0 Å². The van der Waals surface area contributed by atoms with Gasteiger partial charge in [0.1, 0.15) is 18.5 Å². The van der Waals surface area contributed by atoms with Gasteiger partial charge in [0.15, 0.2) is 0 Å². The van der Waals surface area contributed by atoms with E-state index in [1.165, 1.54) is 0 Å². The Balaban J connectivity index is 1.70. The zero-order valence-electron chi connectivity index (χ0n) is 12.3. The average molecular weight is 263 g/mol. The first kappa shape index (κ1) is 14.4. The predicted molar refractivity (Wildman–Crippen MR) is 77.3 cm³/mol. The van der Waals surface area contributed by atoms with Crippen LogP contribution in [0.5, 0.6) is 5.75 Å². The molecule has 1 aliphatic carbocycles. The highest BCUT2D eigenvalue weighted by Gasteiger charge is 2.64. The highest BCUT2D eigenvalue weighted by Crippen LogP contribution is 2.62. The Morgan fingerprint density at radius 2 is 1.74 bits per heavy atom. The molecule has 1 aromatic carbocycles. The van der Waals surface area contributed by atoms with E-state index in [9.17, 15) is 5.11 Å². The zero-order valence-corrected chi connectivity index (χ0v) is 12.3. The Kier molecular flexibility index (Phi) is 3.88. The van der Waals surface area contributed by atoms with Crippen molar-refractivity contribution in [2.75, 3.05) is 13.2 Å². The van der Waals surface area contributed by atoms with Crippen molar-refractivity contribution in [3.8, 4) is 5.75 Å². The molecule has 2 rings (SSSR count). The third-order valence-electron chi connectivity index (χ3n) is 4.76. The van der Waals surface area contributed by atoms with Crippen molar-refractivity contribution in [2.24, 2.45) is 10.8 Å². The molecule has 0 heterocycles. The Labute approximate surface area is 116 Å². The third-order valence-corrected chi connectivity index (χ3v) is 4.76. The van der Waals surface area contributed by atoms with Gasteiger partial charge >= 0.3 is 0 Å². The molecule has 1 aliphatic rings. The molecule has 0 aromatic heterocycles. The van der Waals surface area contributed by atoms with Gasteiger partial charge in [0.2, 0.25) is 0 Å². The number of hydrogen-bond acceptors (Lipinski definition) is 3. The molecular weight excluding hydrogens is 238 g/mol. The maximum atomic E-state index is 9.94. The Bertz CT molecular complexity index is 400. The molecule has 3 nitrogen and oxygen atoms in total. The standard InChI is InChI=1S/C16H25NO2/c1-15(2)14(16(15,3)4)17-10-12(18)11-19-13-8-6-5-7-9-13/h5-9,12,14,17-18H,10-11H2,1-4H3. The van der Waals surface area contributed by atoms with Crippen molar-refractivity contribution in [3.63, 3.8) is 0 Å². The van der Waals surface area contributed by atoms with Crippen molar-refractivity contribution in [2.45, 2.75) is 39.8 Å². The van der Waals surface area contributed by atoms with Crippen molar-refractivity contribution in [3.05, 3.63) is 30.3 Å². The summed E-state index contributed by atoms with van der Waals surface area (Å²) in [6.07, 6.45) is -0.479. The molecule has 1 aromatic rings. The third kappa shape index (κ3) is 2.93. The van der Waals surface area contributed by atoms with Gasteiger partial charge in [0.05, 0.1) is 0 Å². The van der Waals surface area contributed by atoms with Crippen LogP contribution in [0.3, 0.4) is 0 Å². The minimum atomic E-state index is -0.479. The van der Waals surface area contributed by atoms with Gasteiger partial charge in [-0.2, -0.15) is 0 Å². The number of rotatable bonds is 6. The summed E-state index contributed by atoms with van der Waals surface area (Å²) in [4.78, 5) is 0. The lowest BCUT2D eigenvalue weighted by Gasteiger charge is -2.14. The number of para-hydroxylation sites is 1. The molecule has 0 aliphatic heterocycles. The van der Waals surface area contributed by atoms with Crippen LogP contribution in [-0.4, -0.2) is 30.4 Å². The monoisotopic (exact) mass is 263 g/mol. The number of aliphatic hydroxyl groups is 1. The van der Waals surface area contributed by atoms with Crippen LogP contribution < -0.4 is 10.1 Å². The summed E-state index contributed by atoms with van der Waals surface area (Å²) in [5, 5.41) is 13.4. The van der Waals surface area contributed by atoms with Crippen LogP contribution in [0.2, 0.25) is 0 Å². The maximum absolute atomic E-state index is 9.94. The summed E-state index contributed by atoms with van der Waals surface area (Å²) < 4.78 is 5.53. The van der Waals surface area contributed by atoms with Crippen LogP contribution in [0.1, 0.15) is 27.7 Å². The molecule has 1 unspecified atom stereocenters. The van der Waals surface area contributed by atoms with Gasteiger partial charge in [0.25, 0.3) is 0 Å². The highest BCUT2D eigenvalue weighted by molar-refractivity contribution is 5.21. The number of benzene rings is 1. The number of aliphatic hydroxyl groups excluding tert-OH is 1. The number of ether oxygens (including phenoxy) is 1. The van der Waals surface area contributed by atoms with E-state index in [1.54, 1.807) is 0 Å². The first-order valence-corrected chi connectivity index (χ1v) is 6.95. The minimum Gasteiger partial charge on any atom is -0.491 e. The molecule has 0 amide bonds. The number of hydrogen-bond donors (Lipinski definition) is 2. The number of nitrogens with one attached hydrogen (secondary N) is 1. The fourth-order valence-electron chi connectivity index (χ4n) is 2.73. The molecule has 1 saturated carbocycles. The van der Waals surface area contributed by atoms with Crippen LogP contribution in [0.4, 0.5) is 0 Å². The second-order valence-corrected chi connectivity index (χ2v) is 6.56. The summed E-state index contributed by atoms with van der Waals surface area (Å²) in [5.41, 5.74) is 0.597. The summed E-state index contributed by atoms with van der Waals surface area (Å²) in [7, 11) is 0. The van der Waals surface area contributed by atoms with Gasteiger partial charge in [0, 0.05) is 12.6 Å². The minimum absolute atomic E-state index is 0.299. The molecule has 0 bridgehead atoms. The lowest BCUT2D eigenvalue weighted by atomic mass is 10.0. The van der Waals surface area contributed by atoms with Crippen molar-refractivity contribution >= 4 is 0 Å². The Hall–Kier alpha value is -1.06. The lowest BCUT2D eigenvalue weighted by molar-refractivity contribution is 0.105. The van der Waals surface area contributed by atoms with E-state index in [1.807, 2.05) is 30.3 Å². The summed E-state index contributed by atoms with van der Waals surface area (Å²) in [5.74, 6) is 0.800. The van der Waals surface area contributed by atoms with E-state index in [2.05, 4.69) is 33.0 Å². The van der Waals surface area contributed by atoms with Crippen LogP contribution >= 0.6 is 0 Å². The maximum Gasteiger partial charge on any atom is 0.119 e. The van der Waals surface area contributed by atoms with Crippen molar-refractivity contribution < 1.29 is 9.84 Å². The largest absolute Gasteiger partial charge is 0.491 e. The van der Waals surface area contributed by atoms with Gasteiger partial charge in [-0.1, -0.05) is 45.9 Å². The van der Waals surface area contributed by atoms with Crippen LogP contribution in [0, 0.1) is 10.8 Å². The van der Waals surface area contributed by atoms with Gasteiger partial charge < -0.3 is 15.2 Å². The first-order valence-electron chi connectivity index (χ1n) is 6.95.